The van der Waals surface area contributed by atoms with Crippen molar-refractivity contribution < 1.29 is 9.47 Å². The Morgan fingerprint density at radius 3 is 2.89 bits per heavy atom. The Morgan fingerprint density at radius 2 is 2.06 bits per heavy atom. The maximum Gasteiger partial charge on any atom is 0.0700 e. The first-order chi connectivity index (χ1) is 8.81. The van der Waals surface area contributed by atoms with Gasteiger partial charge >= 0.3 is 0 Å². The van der Waals surface area contributed by atoms with Crippen LogP contribution in [0.1, 0.15) is 26.2 Å². The van der Waals surface area contributed by atoms with E-state index in [0.717, 1.165) is 25.7 Å². The fourth-order valence-electron chi connectivity index (χ4n) is 3.17. The molecule has 4 heteroatoms. The van der Waals surface area contributed by atoms with Crippen LogP contribution in [0, 0.1) is 0 Å². The first kappa shape index (κ1) is 14.3. The number of methoxy groups -OCH3 is 1. The van der Waals surface area contributed by atoms with E-state index in [0.29, 0.717) is 12.6 Å². The molecule has 0 N–H and O–H groups in total. The lowest BCUT2D eigenvalue weighted by Crippen LogP contribution is -2.55. The third kappa shape index (κ3) is 3.92. The first-order valence-corrected chi connectivity index (χ1v) is 7.36. The van der Waals surface area contributed by atoms with E-state index in [1.165, 1.54) is 39.0 Å². The van der Waals surface area contributed by atoms with Gasteiger partial charge < -0.3 is 9.47 Å². The normalized spacial score (nSPS) is 29.7. The van der Waals surface area contributed by atoms with E-state index < -0.39 is 0 Å². The highest BCUT2D eigenvalue weighted by Gasteiger charge is 2.33. The molecular weight excluding hydrogens is 228 g/mol. The molecule has 106 valence electrons. The number of fused-ring (bicyclic) bond motifs is 1. The monoisotopic (exact) mass is 256 g/mol. The predicted octanol–water partition coefficient (Wildman–Crippen LogP) is 1.21. The van der Waals surface area contributed by atoms with Crippen molar-refractivity contribution in [2.75, 3.05) is 53.1 Å². The molecule has 2 unspecified atom stereocenters. The summed E-state index contributed by atoms with van der Waals surface area (Å²) in [6.07, 6.45) is 3.93. The summed E-state index contributed by atoms with van der Waals surface area (Å²) < 4.78 is 10.5. The molecule has 2 atom stereocenters. The maximum atomic E-state index is 5.52. The summed E-state index contributed by atoms with van der Waals surface area (Å²) in [6, 6.07) is 1.54. The van der Waals surface area contributed by atoms with Crippen LogP contribution in [0.25, 0.3) is 0 Å². The Balaban J connectivity index is 1.60. The third-order valence-corrected chi connectivity index (χ3v) is 4.23. The van der Waals surface area contributed by atoms with Crippen molar-refractivity contribution in [1.82, 2.24) is 9.80 Å². The molecule has 0 aliphatic carbocycles. The van der Waals surface area contributed by atoms with E-state index in [4.69, 9.17) is 9.47 Å². The quantitative estimate of drug-likeness (QED) is 0.639. The minimum atomic E-state index is 0.706. The molecule has 0 aromatic rings. The molecule has 2 rings (SSSR count). The fraction of sp³-hybridized carbons (Fsp3) is 1.00. The van der Waals surface area contributed by atoms with Gasteiger partial charge in [-0.2, -0.15) is 0 Å². The lowest BCUT2D eigenvalue weighted by atomic mass is 10.1. The Morgan fingerprint density at radius 1 is 1.17 bits per heavy atom. The Labute approximate surface area is 111 Å². The lowest BCUT2D eigenvalue weighted by molar-refractivity contribution is 0.0391. The number of hydrogen-bond donors (Lipinski definition) is 0. The molecule has 0 aromatic heterocycles. The molecule has 4 nitrogen and oxygen atoms in total. The highest BCUT2D eigenvalue weighted by Crippen LogP contribution is 2.24. The van der Waals surface area contributed by atoms with Gasteiger partial charge in [-0.05, 0) is 32.7 Å². The zero-order valence-electron chi connectivity index (χ0n) is 11.9. The van der Waals surface area contributed by atoms with Crippen LogP contribution >= 0.6 is 0 Å². The van der Waals surface area contributed by atoms with Gasteiger partial charge in [-0.1, -0.05) is 0 Å². The van der Waals surface area contributed by atoms with Gasteiger partial charge in [-0.25, -0.2) is 0 Å². The van der Waals surface area contributed by atoms with Crippen LogP contribution in [0.5, 0.6) is 0 Å². The van der Waals surface area contributed by atoms with E-state index in [2.05, 4.69) is 16.7 Å². The van der Waals surface area contributed by atoms with Crippen molar-refractivity contribution >= 4 is 0 Å². The number of hydrogen-bond acceptors (Lipinski definition) is 4. The van der Waals surface area contributed by atoms with Crippen LogP contribution in [-0.4, -0.2) is 75.0 Å². The predicted molar refractivity (Wildman–Crippen MR) is 72.9 cm³/mol. The van der Waals surface area contributed by atoms with E-state index >= 15 is 0 Å². The van der Waals surface area contributed by atoms with Gasteiger partial charge in [0.15, 0.2) is 0 Å². The molecule has 0 radical (unpaired) electrons. The molecule has 0 bridgehead atoms. The van der Waals surface area contributed by atoms with E-state index in [-0.39, 0.29) is 0 Å². The molecule has 2 aliphatic rings. The standard InChI is InChI=1S/C14H28N2O2/c1-13-11-16-6-3-5-14(16)12-15(13)7-4-8-18-10-9-17-2/h13-14H,3-12H2,1-2H3. The average molecular weight is 256 g/mol. The molecule has 18 heavy (non-hydrogen) atoms. The van der Waals surface area contributed by atoms with Gasteiger partial charge in [0.2, 0.25) is 0 Å². The molecule has 2 fully saturated rings. The number of nitrogens with zero attached hydrogens (tertiary/aromatic N) is 2. The maximum absolute atomic E-state index is 5.52. The second kappa shape index (κ2) is 7.43. The van der Waals surface area contributed by atoms with Gasteiger partial charge in [0.25, 0.3) is 0 Å². The van der Waals surface area contributed by atoms with Crippen LogP contribution < -0.4 is 0 Å². The minimum absolute atomic E-state index is 0.706. The van der Waals surface area contributed by atoms with Gasteiger partial charge in [0, 0.05) is 45.4 Å². The van der Waals surface area contributed by atoms with Crippen molar-refractivity contribution in [1.29, 1.82) is 0 Å². The summed E-state index contributed by atoms with van der Waals surface area (Å²) in [5, 5.41) is 0. The molecule has 0 saturated carbocycles. The molecule has 0 aromatic carbocycles. The summed E-state index contributed by atoms with van der Waals surface area (Å²) in [5.41, 5.74) is 0. The topological polar surface area (TPSA) is 24.9 Å². The van der Waals surface area contributed by atoms with E-state index in [9.17, 15) is 0 Å². The fourth-order valence-corrected chi connectivity index (χ4v) is 3.17. The van der Waals surface area contributed by atoms with Crippen molar-refractivity contribution in [3.05, 3.63) is 0 Å². The first-order valence-electron chi connectivity index (χ1n) is 7.36. The zero-order valence-corrected chi connectivity index (χ0v) is 11.9. The zero-order chi connectivity index (χ0) is 12.8. The number of rotatable bonds is 7. The summed E-state index contributed by atoms with van der Waals surface area (Å²) in [7, 11) is 1.71. The van der Waals surface area contributed by atoms with Gasteiger partial charge in [-0.3, -0.25) is 9.80 Å². The average Bonchev–Trinajstić information content (AvgIpc) is 2.80. The summed E-state index contributed by atoms with van der Waals surface area (Å²) in [4.78, 5) is 5.32. The van der Waals surface area contributed by atoms with Crippen molar-refractivity contribution in [3.8, 4) is 0 Å². The van der Waals surface area contributed by atoms with Crippen molar-refractivity contribution in [2.45, 2.75) is 38.3 Å². The molecule has 2 saturated heterocycles. The summed E-state index contributed by atoms with van der Waals surface area (Å²) >= 11 is 0. The van der Waals surface area contributed by atoms with Crippen molar-refractivity contribution in [3.63, 3.8) is 0 Å². The van der Waals surface area contributed by atoms with Gasteiger partial charge in [0.1, 0.15) is 0 Å². The van der Waals surface area contributed by atoms with Crippen molar-refractivity contribution in [2.24, 2.45) is 0 Å². The van der Waals surface area contributed by atoms with Crippen LogP contribution in [0.4, 0.5) is 0 Å². The van der Waals surface area contributed by atoms with Crippen LogP contribution in [-0.2, 0) is 9.47 Å². The Hall–Kier alpha value is -0.160. The summed E-state index contributed by atoms with van der Waals surface area (Å²) in [6.45, 7) is 9.68. The molecule has 2 heterocycles. The minimum Gasteiger partial charge on any atom is -0.382 e. The molecule has 0 amide bonds. The largest absolute Gasteiger partial charge is 0.382 e. The van der Waals surface area contributed by atoms with E-state index in [1.807, 2.05) is 0 Å². The van der Waals surface area contributed by atoms with Crippen LogP contribution in [0.2, 0.25) is 0 Å². The van der Waals surface area contributed by atoms with E-state index in [1.54, 1.807) is 7.11 Å². The number of ether oxygens (including phenoxy) is 2. The molecular formula is C14H28N2O2. The summed E-state index contributed by atoms with van der Waals surface area (Å²) in [5.74, 6) is 0. The Kier molecular flexibility index (Phi) is 5.89. The second-order valence-electron chi connectivity index (χ2n) is 5.59. The smallest absolute Gasteiger partial charge is 0.0700 e. The van der Waals surface area contributed by atoms with Gasteiger partial charge in [-0.15, -0.1) is 0 Å². The SMILES string of the molecule is COCCOCCCN1CC2CCCN2CC1C. The number of piperazine rings is 1. The highest BCUT2D eigenvalue weighted by molar-refractivity contribution is 4.90. The molecule has 2 aliphatic heterocycles. The Bertz CT molecular complexity index is 238. The lowest BCUT2D eigenvalue weighted by Gasteiger charge is -2.42. The van der Waals surface area contributed by atoms with Crippen LogP contribution in [0.15, 0.2) is 0 Å². The third-order valence-electron chi connectivity index (χ3n) is 4.23. The van der Waals surface area contributed by atoms with Crippen LogP contribution in [0.3, 0.4) is 0 Å². The second-order valence-corrected chi connectivity index (χ2v) is 5.59. The highest BCUT2D eigenvalue weighted by atomic mass is 16.5. The molecule has 0 spiro atoms. The van der Waals surface area contributed by atoms with Gasteiger partial charge in [0.05, 0.1) is 13.2 Å².